The van der Waals surface area contributed by atoms with Gasteiger partial charge in [-0.05, 0) is 48.9 Å². The summed E-state index contributed by atoms with van der Waals surface area (Å²) in [5.74, 6) is 2.47. The highest BCUT2D eigenvalue weighted by molar-refractivity contribution is 7.99. The molecule has 19 heavy (non-hydrogen) atoms. The van der Waals surface area contributed by atoms with Crippen LogP contribution in [-0.2, 0) is 13.0 Å². The third-order valence-electron chi connectivity index (χ3n) is 3.41. The highest BCUT2D eigenvalue weighted by Gasteiger charge is 2.07. The van der Waals surface area contributed by atoms with E-state index in [0.717, 1.165) is 25.9 Å². The maximum Gasteiger partial charge on any atom is 0.0483 e. The van der Waals surface area contributed by atoms with Crippen LogP contribution in [0.25, 0.3) is 10.9 Å². The average Bonchev–Trinajstić information content (AvgIpc) is 2.80. The Morgan fingerprint density at radius 1 is 1.21 bits per heavy atom. The summed E-state index contributed by atoms with van der Waals surface area (Å²) in [6.07, 6.45) is 5.73. The van der Waals surface area contributed by atoms with E-state index < -0.39 is 0 Å². The first-order valence-corrected chi connectivity index (χ1v) is 8.37. The zero-order valence-corrected chi connectivity index (χ0v) is 12.6. The number of nitrogens with two attached hydrogens (primary N) is 1. The van der Waals surface area contributed by atoms with Crippen LogP contribution in [0.4, 0.5) is 0 Å². The molecule has 3 heteroatoms. The molecular weight excluding hydrogens is 252 g/mol. The lowest BCUT2D eigenvalue weighted by molar-refractivity contribution is 0.704. The van der Waals surface area contributed by atoms with Crippen molar-refractivity contribution in [3.63, 3.8) is 0 Å². The Morgan fingerprint density at radius 3 is 2.84 bits per heavy atom. The number of nitrogens with zero attached hydrogens (tertiary/aromatic N) is 1. The van der Waals surface area contributed by atoms with Gasteiger partial charge < -0.3 is 10.3 Å². The molecule has 0 fully saturated rings. The van der Waals surface area contributed by atoms with E-state index in [4.69, 9.17) is 5.73 Å². The van der Waals surface area contributed by atoms with Gasteiger partial charge in [-0.25, -0.2) is 0 Å². The van der Waals surface area contributed by atoms with Gasteiger partial charge in [0.05, 0.1) is 0 Å². The monoisotopic (exact) mass is 276 g/mol. The SMILES string of the molecule is CCSCCCn1cc(CCCN)c2ccccc21. The van der Waals surface area contributed by atoms with Crippen LogP contribution in [0.2, 0.25) is 0 Å². The van der Waals surface area contributed by atoms with Crippen molar-refractivity contribution in [1.82, 2.24) is 4.57 Å². The van der Waals surface area contributed by atoms with Crippen molar-refractivity contribution in [1.29, 1.82) is 0 Å². The predicted octanol–water partition coefficient (Wildman–Crippen LogP) is 3.68. The molecular formula is C16H24N2S. The number of aromatic nitrogens is 1. The van der Waals surface area contributed by atoms with Crippen molar-refractivity contribution in [3.8, 4) is 0 Å². The van der Waals surface area contributed by atoms with Gasteiger partial charge in [-0.3, -0.25) is 0 Å². The summed E-state index contributed by atoms with van der Waals surface area (Å²) in [5.41, 5.74) is 8.45. The minimum Gasteiger partial charge on any atom is -0.347 e. The van der Waals surface area contributed by atoms with Gasteiger partial charge in [0.1, 0.15) is 0 Å². The summed E-state index contributed by atoms with van der Waals surface area (Å²) in [6.45, 7) is 4.11. The van der Waals surface area contributed by atoms with Gasteiger partial charge >= 0.3 is 0 Å². The van der Waals surface area contributed by atoms with Gasteiger partial charge in [-0.15, -0.1) is 0 Å². The van der Waals surface area contributed by atoms with E-state index in [1.165, 1.54) is 34.4 Å². The summed E-state index contributed by atoms with van der Waals surface area (Å²) >= 11 is 2.02. The van der Waals surface area contributed by atoms with Crippen LogP contribution in [0.1, 0.15) is 25.3 Å². The van der Waals surface area contributed by atoms with Gasteiger partial charge in [0, 0.05) is 23.6 Å². The molecule has 1 aromatic carbocycles. The number of benzene rings is 1. The predicted molar refractivity (Wildman–Crippen MR) is 86.9 cm³/mol. The Labute approximate surface area is 120 Å². The van der Waals surface area contributed by atoms with E-state index in [0.29, 0.717) is 0 Å². The molecule has 0 atom stereocenters. The van der Waals surface area contributed by atoms with E-state index in [9.17, 15) is 0 Å². The van der Waals surface area contributed by atoms with Crippen LogP contribution in [0.3, 0.4) is 0 Å². The topological polar surface area (TPSA) is 30.9 Å². The maximum absolute atomic E-state index is 5.63. The minimum absolute atomic E-state index is 0.770. The number of hydrogen-bond donors (Lipinski definition) is 1. The molecule has 2 nitrogen and oxygen atoms in total. The quantitative estimate of drug-likeness (QED) is 0.746. The van der Waals surface area contributed by atoms with Crippen LogP contribution >= 0.6 is 11.8 Å². The summed E-state index contributed by atoms with van der Waals surface area (Å²) in [7, 11) is 0. The number of para-hydroxylation sites is 1. The largest absolute Gasteiger partial charge is 0.347 e. The molecule has 0 aliphatic rings. The lowest BCUT2D eigenvalue weighted by Crippen LogP contribution is -2.00. The molecule has 0 saturated carbocycles. The second kappa shape index (κ2) is 7.61. The van der Waals surface area contributed by atoms with Crippen molar-refractivity contribution in [3.05, 3.63) is 36.0 Å². The Hall–Kier alpha value is -0.930. The van der Waals surface area contributed by atoms with Crippen LogP contribution in [0.5, 0.6) is 0 Å². The van der Waals surface area contributed by atoms with Gasteiger partial charge in [0.2, 0.25) is 0 Å². The van der Waals surface area contributed by atoms with Crippen molar-refractivity contribution < 1.29 is 0 Å². The van der Waals surface area contributed by atoms with Gasteiger partial charge in [0.25, 0.3) is 0 Å². The molecule has 2 rings (SSSR count). The lowest BCUT2D eigenvalue weighted by atomic mass is 10.1. The molecule has 0 aliphatic heterocycles. The smallest absolute Gasteiger partial charge is 0.0483 e. The van der Waals surface area contributed by atoms with E-state index in [1.54, 1.807) is 0 Å². The first kappa shape index (κ1) is 14.5. The zero-order valence-electron chi connectivity index (χ0n) is 11.8. The Balaban J connectivity index is 2.13. The number of rotatable bonds is 8. The first-order chi connectivity index (χ1) is 9.36. The van der Waals surface area contributed by atoms with Gasteiger partial charge in [0.15, 0.2) is 0 Å². The highest BCUT2D eigenvalue weighted by atomic mass is 32.2. The molecule has 0 bridgehead atoms. The average molecular weight is 276 g/mol. The number of fused-ring (bicyclic) bond motifs is 1. The second-order valence-electron chi connectivity index (χ2n) is 4.81. The first-order valence-electron chi connectivity index (χ1n) is 7.21. The van der Waals surface area contributed by atoms with Gasteiger partial charge in [-0.2, -0.15) is 11.8 Å². The fourth-order valence-corrected chi connectivity index (χ4v) is 3.10. The lowest BCUT2D eigenvalue weighted by Gasteiger charge is -2.04. The Kier molecular flexibility index (Phi) is 5.80. The summed E-state index contributed by atoms with van der Waals surface area (Å²) in [5, 5.41) is 1.40. The molecule has 1 heterocycles. The summed E-state index contributed by atoms with van der Waals surface area (Å²) in [4.78, 5) is 0. The fourth-order valence-electron chi connectivity index (χ4n) is 2.48. The van der Waals surface area contributed by atoms with E-state index in [-0.39, 0.29) is 0 Å². The molecule has 2 N–H and O–H groups in total. The molecule has 104 valence electrons. The molecule has 0 aliphatic carbocycles. The molecule has 0 spiro atoms. The van der Waals surface area contributed by atoms with Crippen molar-refractivity contribution in [2.24, 2.45) is 5.73 Å². The Bertz CT molecular complexity index is 504. The van der Waals surface area contributed by atoms with Crippen LogP contribution in [0.15, 0.2) is 30.5 Å². The third-order valence-corrected chi connectivity index (χ3v) is 4.40. The van der Waals surface area contributed by atoms with Crippen LogP contribution < -0.4 is 5.73 Å². The fraction of sp³-hybridized carbons (Fsp3) is 0.500. The molecule has 2 aromatic rings. The van der Waals surface area contributed by atoms with Crippen molar-refractivity contribution in [2.75, 3.05) is 18.1 Å². The van der Waals surface area contributed by atoms with E-state index in [2.05, 4.69) is 42.0 Å². The number of hydrogen-bond acceptors (Lipinski definition) is 2. The van der Waals surface area contributed by atoms with E-state index >= 15 is 0 Å². The standard InChI is InChI=1S/C16H24N2S/c1-2-19-12-6-11-18-13-14(7-5-10-17)15-8-3-4-9-16(15)18/h3-4,8-9,13H,2,5-7,10-12,17H2,1H3. The normalized spacial score (nSPS) is 11.3. The molecule has 1 aromatic heterocycles. The summed E-state index contributed by atoms with van der Waals surface area (Å²) < 4.78 is 2.41. The molecule has 0 radical (unpaired) electrons. The number of thioether (sulfide) groups is 1. The van der Waals surface area contributed by atoms with Crippen molar-refractivity contribution in [2.45, 2.75) is 32.7 Å². The van der Waals surface area contributed by atoms with Crippen LogP contribution in [-0.4, -0.2) is 22.6 Å². The third kappa shape index (κ3) is 3.77. The highest BCUT2D eigenvalue weighted by Crippen LogP contribution is 2.23. The van der Waals surface area contributed by atoms with E-state index in [1.807, 2.05) is 11.8 Å². The molecule has 0 unspecified atom stereocenters. The molecule has 0 saturated heterocycles. The molecule has 0 amide bonds. The number of aryl methyl sites for hydroxylation is 2. The Morgan fingerprint density at radius 2 is 2.05 bits per heavy atom. The van der Waals surface area contributed by atoms with Gasteiger partial charge in [-0.1, -0.05) is 25.1 Å². The minimum atomic E-state index is 0.770. The zero-order chi connectivity index (χ0) is 13.5. The summed E-state index contributed by atoms with van der Waals surface area (Å²) in [6, 6.07) is 8.73. The van der Waals surface area contributed by atoms with Crippen molar-refractivity contribution >= 4 is 22.7 Å². The second-order valence-corrected chi connectivity index (χ2v) is 6.20. The van der Waals surface area contributed by atoms with Crippen LogP contribution in [0, 0.1) is 0 Å². The maximum atomic E-state index is 5.63.